The fourth-order valence-electron chi connectivity index (χ4n) is 2.16. The van der Waals surface area contributed by atoms with Gasteiger partial charge in [0.25, 0.3) is 0 Å². The number of carbonyl (C=O) groups excluding carboxylic acids is 2. The van der Waals surface area contributed by atoms with Gasteiger partial charge in [0, 0.05) is 24.5 Å². The third-order valence-corrected chi connectivity index (χ3v) is 3.18. The minimum Gasteiger partial charge on any atom is -0.372 e. The van der Waals surface area contributed by atoms with Crippen LogP contribution >= 0.6 is 0 Å². The largest absolute Gasteiger partial charge is 0.372 e. The number of nitrogens with one attached hydrogen (secondary N) is 2. The lowest BCUT2D eigenvalue weighted by Crippen LogP contribution is -2.39. The van der Waals surface area contributed by atoms with Crippen molar-refractivity contribution >= 4 is 23.2 Å². The van der Waals surface area contributed by atoms with Gasteiger partial charge in [-0.25, -0.2) is 5.84 Å². The zero-order valence-corrected chi connectivity index (χ0v) is 10.7. The molecule has 1 aromatic carbocycles. The van der Waals surface area contributed by atoms with Gasteiger partial charge in [0.2, 0.25) is 0 Å². The first-order valence-corrected chi connectivity index (χ1v) is 6.37. The number of piperidine rings is 1. The third-order valence-electron chi connectivity index (χ3n) is 3.18. The number of hydrogen-bond donors (Lipinski definition) is 3. The molecule has 1 saturated heterocycles. The summed E-state index contributed by atoms with van der Waals surface area (Å²) < 4.78 is 0. The van der Waals surface area contributed by atoms with Crippen molar-refractivity contribution in [3.8, 4) is 0 Å². The van der Waals surface area contributed by atoms with E-state index >= 15 is 0 Å². The van der Waals surface area contributed by atoms with Crippen LogP contribution in [0, 0.1) is 0 Å². The van der Waals surface area contributed by atoms with Crippen molar-refractivity contribution in [1.29, 1.82) is 0 Å². The molecule has 1 aliphatic heterocycles. The zero-order chi connectivity index (χ0) is 13.7. The Hall–Kier alpha value is -2.08. The fraction of sp³-hybridized carbons (Fsp3) is 0.385. The van der Waals surface area contributed by atoms with Crippen molar-refractivity contribution in [2.75, 3.05) is 23.3 Å². The monoisotopic (exact) mass is 262 g/mol. The van der Waals surface area contributed by atoms with Crippen LogP contribution in [0.25, 0.3) is 0 Å². The van der Waals surface area contributed by atoms with Gasteiger partial charge < -0.3 is 10.2 Å². The van der Waals surface area contributed by atoms with Gasteiger partial charge in [0.15, 0.2) is 0 Å². The molecule has 1 aromatic rings. The van der Waals surface area contributed by atoms with Crippen LogP contribution in [0.3, 0.4) is 0 Å². The molecular formula is C13H18N4O2. The number of hydrogen-bond acceptors (Lipinski definition) is 4. The van der Waals surface area contributed by atoms with Crippen molar-refractivity contribution < 1.29 is 9.59 Å². The molecule has 102 valence electrons. The molecule has 4 N–H and O–H groups in total. The summed E-state index contributed by atoms with van der Waals surface area (Å²) in [7, 11) is 0. The zero-order valence-electron chi connectivity index (χ0n) is 10.7. The number of rotatable bonds is 2. The van der Waals surface area contributed by atoms with E-state index in [4.69, 9.17) is 5.84 Å². The van der Waals surface area contributed by atoms with Gasteiger partial charge >= 0.3 is 11.8 Å². The van der Waals surface area contributed by atoms with E-state index in [0.29, 0.717) is 5.69 Å². The van der Waals surface area contributed by atoms with Crippen molar-refractivity contribution in [2.45, 2.75) is 19.3 Å². The van der Waals surface area contributed by atoms with Gasteiger partial charge in [-0.3, -0.25) is 15.0 Å². The fourth-order valence-corrected chi connectivity index (χ4v) is 2.16. The van der Waals surface area contributed by atoms with E-state index in [9.17, 15) is 9.59 Å². The highest BCUT2D eigenvalue weighted by Gasteiger charge is 2.13. The molecule has 0 saturated carbocycles. The van der Waals surface area contributed by atoms with Crippen molar-refractivity contribution in [3.63, 3.8) is 0 Å². The van der Waals surface area contributed by atoms with Crippen LogP contribution in [0.1, 0.15) is 19.3 Å². The lowest BCUT2D eigenvalue weighted by molar-refractivity contribution is -0.136. The van der Waals surface area contributed by atoms with E-state index in [1.807, 2.05) is 12.1 Å². The predicted octanol–water partition coefficient (Wildman–Crippen LogP) is 0.605. The van der Waals surface area contributed by atoms with Crippen LogP contribution in [-0.2, 0) is 9.59 Å². The second-order valence-electron chi connectivity index (χ2n) is 4.52. The summed E-state index contributed by atoms with van der Waals surface area (Å²) in [6.07, 6.45) is 3.73. The quantitative estimate of drug-likeness (QED) is 0.315. The highest BCUT2D eigenvalue weighted by Crippen LogP contribution is 2.21. The van der Waals surface area contributed by atoms with E-state index in [1.165, 1.54) is 19.3 Å². The lowest BCUT2D eigenvalue weighted by Gasteiger charge is -2.28. The maximum absolute atomic E-state index is 11.3. The maximum Gasteiger partial charge on any atom is 0.323 e. The second kappa shape index (κ2) is 6.19. The summed E-state index contributed by atoms with van der Waals surface area (Å²) >= 11 is 0. The lowest BCUT2D eigenvalue weighted by atomic mass is 10.1. The topological polar surface area (TPSA) is 87.5 Å². The van der Waals surface area contributed by atoms with E-state index < -0.39 is 11.8 Å². The first kappa shape index (κ1) is 13.4. The molecule has 0 aromatic heterocycles. The van der Waals surface area contributed by atoms with E-state index in [1.54, 1.807) is 17.6 Å². The predicted molar refractivity (Wildman–Crippen MR) is 73.5 cm³/mol. The van der Waals surface area contributed by atoms with Crippen LogP contribution < -0.4 is 21.5 Å². The van der Waals surface area contributed by atoms with Gasteiger partial charge in [-0.05, 0) is 43.5 Å². The Morgan fingerprint density at radius 2 is 1.63 bits per heavy atom. The summed E-state index contributed by atoms with van der Waals surface area (Å²) in [5.41, 5.74) is 3.51. The summed E-state index contributed by atoms with van der Waals surface area (Å²) in [4.78, 5) is 24.6. The highest BCUT2D eigenvalue weighted by molar-refractivity contribution is 6.39. The molecule has 0 radical (unpaired) electrons. The molecule has 6 heteroatoms. The molecule has 0 bridgehead atoms. The number of nitrogens with zero attached hydrogens (tertiary/aromatic N) is 1. The van der Waals surface area contributed by atoms with Gasteiger partial charge in [0.05, 0.1) is 0 Å². The van der Waals surface area contributed by atoms with Crippen molar-refractivity contribution in [2.24, 2.45) is 5.84 Å². The molecule has 1 fully saturated rings. The summed E-state index contributed by atoms with van der Waals surface area (Å²) in [5.74, 6) is 3.25. The molecule has 0 aliphatic carbocycles. The standard InChI is InChI=1S/C13H18N4O2/c14-16-13(19)12(18)15-10-4-6-11(7-5-10)17-8-2-1-3-9-17/h4-7H,1-3,8-9,14H2,(H,15,18)(H,16,19). The smallest absolute Gasteiger partial charge is 0.323 e. The highest BCUT2D eigenvalue weighted by atomic mass is 16.2. The summed E-state index contributed by atoms with van der Waals surface area (Å²) in [5, 5.41) is 2.47. The van der Waals surface area contributed by atoms with Gasteiger partial charge in [-0.15, -0.1) is 0 Å². The van der Waals surface area contributed by atoms with Gasteiger partial charge in [-0.2, -0.15) is 0 Å². The number of hydrazine groups is 1. The number of anilines is 2. The molecule has 0 unspecified atom stereocenters. The van der Waals surface area contributed by atoms with Crippen LogP contribution in [0.5, 0.6) is 0 Å². The minimum absolute atomic E-state index is 0.578. The molecule has 0 atom stereocenters. The SMILES string of the molecule is NNC(=O)C(=O)Nc1ccc(N2CCCCC2)cc1. The maximum atomic E-state index is 11.3. The first-order valence-electron chi connectivity index (χ1n) is 6.37. The minimum atomic E-state index is -0.861. The Kier molecular flexibility index (Phi) is 4.35. The Bertz CT molecular complexity index is 452. The number of carbonyl (C=O) groups is 2. The number of nitrogens with two attached hydrogens (primary N) is 1. The molecule has 1 heterocycles. The van der Waals surface area contributed by atoms with Gasteiger partial charge in [0.1, 0.15) is 0 Å². The normalized spacial score (nSPS) is 14.9. The molecule has 6 nitrogen and oxygen atoms in total. The average Bonchev–Trinajstić information content (AvgIpc) is 2.48. The Morgan fingerprint density at radius 3 is 2.21 bits per heavy atom. The number of amides is 2. The Balaban J connectivity index is 1.98. The summed E-state index contributed by atoms with van der Waals surface area (Å²) in [6.45, 7) is 2.14. The molecule has 2 amide bonds. The summed E-state index contributed by atoms with van der Waals surface area (Å²) in [6, 6.07) is 7.46. The van der Waals surface area contributed by atoms with E-state index in [-0.39, 0.29) is 0 Å². The second-order valence-corrected chi connectivity index (χ2v) is 4.52. The van der Waals surface area contributed by atoms with Crippen LogP contribution in [0.15, 0.2) is 24.3 Å². The first-order chi connectivity index (χ1) is 9.20. The molecular weight excluding hydrogens is 244 g/mol. The van der Waals surface area contributed by atoms with Crippen LogP contribution in [0.2, 0.25) is 0 Å². The third kappa shape index (κ3) is 3.45. The molecule has 0 spiro atoms. The van der Waals surface area contributed by atoms with Crippen molar-refractivity contribution in [3.05, 3.63) is 24.3 Å². The number of benzene rings is 1. The molecule has 1 aliphatic rings. The average molecular weight is 262 g/mol. The van der Waals surface area contributed by atoms with E-state index in [0.717, 1.165) is 18.8 Å². The van der Waals surface area contributed by atoms with Crippen molar-refractivity contribution in [1.82, 2.24) is 5.43 Å². The van der Waals surface area contributed by atoms with Crippen LogP contribution in [-0.4, -0.2) is 24.9 Å². The molecule has 19 heavy (non-hydrogen) atoms. The Labute approximate surface area is 111 Å². The van der Waals surface area contributed by atoms with Gasteiger partial charge in [-0.1, -0.05) is 0 Å². The Morgan fingerprint density at radius 1 is 1.00 bits per heavy atom. The molecule has 2 rings (SSSR count). The van der Waals surface area contributed by atoms with E-state index in [2.05, 4.69) is 10.2 Å². The van der Waals surface area contributed by atoms with Crippen LogP contribution in [0.4, 0.5) is 11.4 Å².